The summed E-state index contributed by atoms with van der Waals surface area (Å²) < 4.78 is 5.59. The first-order chi connectivity index (χ1) is 14.5. The van der Waals surface area contributed by atoms with Gasteiger partial charge in [0, 0.05) is 35.8 Å². The summed E-state index contributed by atoms with van der Waals surface area (Å²) in [6.45, 7) is 5.91. The third-order valence-electron chi connectivity index (χ3n) is 5.14. The fourth-order valence-electron chi connectivity index (χ4n) is 3.36. The van der Waals surface area contributed by atoms with Gasteiger partial charge in [-0.15, -0.1) is 0 Å². The average Bonchev–Trinajstić information content (AvgIpc) is 3.45. The maximum atomic E-state index is 12.4. The Morgan fingerprint density at radius 1 is 1.30 bits per heavy atom. The average molecular weight is 427 g/mol. The first kappa shape index (κ1) is 20.7. The number of hydrogen-bond donors (Lipinski definition) is 1. The first-order valence-corrected chi connectivity index (χ1v) is 10.9. The minimum Gasteiger partial charge on any atom is -0.467 e. The zero-order valence-corrected chi connectivity index (χ0v) is 18.2. The maximum Gasteiger partial charge on any atom is 0.221 e. The van der Waals surface area contributed by atoms with E-state index in [0.717, 1.165) is 41.1 Å². The highest BCUT2D eigenvalue weighted by molar-refractivity contribution is 6.31. The molecule has 0 radical (unpaired) electrons. The quantitative estimate of drug-likeness (QED) is 0.525. The van der Waals surface area contributed by atoms with Crippen molar-refractivity contribution in [3.63, 3.8) is 0 Å². The minimum absolute atomic E-state index is 0.0389. The van der Waals surface area contributed by atoms with Crippen LogP contribution in [0, 0.1) is 5.92 Å². The SMILES string of the molecule is CC(C)CNC(=O)CCN(Cc1ccco1)c1nc(C2CC2)nc2cc(Cl)ccc12. The lowest BCUT2D eigenvalue weighted by Gasteiger charge is -2.24. The second-order valence-corrected chi connectivity index (χ2v) is 8.73. The van der Waals surface area contributed by atoms with E-state index in [1.54, 1.807) is 6.26 Å². The molecule has 0 saturated heterocycles. The van der Waals surface area contributed by atoms with Crippen molar-refractivity contribution in [1.82, 2.24) is 15.3 Å². The van der Waals surface area contributed by atoms with Gasteiger partial charge < -0.3 is 14.6 Å². The minimum atomic E-state index is 0.0389. The summed E-state index contributed by atoms with van der Waals surface area (Å²) in [5, 5.41) is 4.57. The largest absolute Gasteiger partial charge is 0.467 e. The first-order valence-electron chi connectivity index (χ1n) is 10.5. The van der Waals surface area contributed by atoms with Gasteiger partial charge in [-0.25, -0.2) is 9.97 Å². The summed E-state index contributed by atoms with van der Waals surface area (Å²) in [6, 6.07) is 9.50. The molecule has 3 aromatic rings. The lowest BCUT2D eigenvalue weighted by molar-refractivity contribution is -0.121. The molecule has 0 atom stereocenters. The van der Waals surface area contributed by atoms with Crippen molar-refractivity contribution in [2.24, 2.45) is 5.92 Å². The zero-order chi connectivity index (χ0) is 21.1. The van der Waals surface area contributed by atoms with Gasteiger partial charge in [-0.3, -0.25) is 4.79 Å². The number of nitrogens with one attached hydrogen (secondary N) is 1. The molecular weight excluding hydrogens is 400 g/mol. The Kier molecular flexibility index (Phi) is 6.23. The lowest BCUT2D eigenvalue weighted by atomic mass is 10.2. The molecule has 0 aliphatic heterocycles. The van der Waals surface area contributed by atoms with Crippen molar-refractivity contribution in [3.05, 3.63) is 53.2 Å². The normalized spacial score (nSPS) is 13.7. The van der Waals surface area contributed by atoms with Gasteiger partial charge in [0.2, 0.25) is 5.91 Å². The van der Waals surface area contributed by atoms with E-state index >= 15 is 0 Å². The van der Waals surface area contributed by atoms with Crippen molar-refractivity contribution in [1.29, 1.82) is 0 Å². The molecule has 0 spiro atoms. The maximum absolute atomic E-state index is 12.4. The Balaban J connectivity index is 1.65. The van der Waals surface area contributed by atoms with Crippen LogP contribution in [0.5, 0.6) is 0 Å². The predicted octanol–water partition coefficient (Wildman–Crippen LogP) is 4.92. The molecule has 4 rings (SSSR count). The van der Waals surface area contributed by atoms with Gasteiger partial charge in [-0.2, -0.15) is 0 Å². The summed E-state index contributed by atoms with van der Waals surface area (Å²) in [5.74, 6) is 3.38. The van der Waals surface area contributed by atoms with Crippen LogP contribution in [0.4, 0.5) is 5.82 Å². The van der Waals surface area contributed by atoms with Crippen LogP contribution in [0.25, 0.3) is 10.9 Å². The van der Waals surface area contributed by atoms with Gasteiger partial charge in [-0.05, 0) is 49.1 Å². The number of anilines is 1. The number of amides is 1. The van der Waals surface area contributed by atoms with Crippen LogP contribution in [0.2, 0.25) is 5.02 Å². The standard InChI is InChI=1S/C23H27ClN4O2/c1-15(2)13-25-21(29)9-10-28(14-18-4-3-11-30-18)23-19-8-7-17(24)12-20(19)26-22(27-23)16-5-6-16/h3-4,7-8,11-12,15-16H,5-6,9-10,13-14H2,1-2H3,(H,25,29). The Labute approximate surface area is 181 Å². The van der Waals surface area contributed by atoms with E-state index in [4.69, 9.17) is 26.0 Å². The summed E-state index contributed by atoms with van der Waals surface area (Å²) in [6.07, 6.45) is 4.27. The Hall–Kier alpha value is -2.60. The molecule has 2 heterocycles. The molecular formula is C23H27ClN4O2. The molecule has 158 valence electrons. The van der Waals surface area contributed by atoms with Gasteiger partial charge in [0.1, 0.15) is 17.4 Å². The van der Waals surface area contributed by atoms with E-state index in [9.17, 15) is 4.79 Å². The molecule has 1 N–H and O–H groups in total. The number of carbonyl (C=O) groups is 1. The van der Waals surface area contributed by atoms with E-state index in [0.29, 0.717) is 42.9 Å². The molecule has 30 heavy (non-hydrogen) atoms. The van der Waals surface area contributed by atoms with E-state index in [1.165, 1.54) is 0 Å². The third kappa shape index (κ3) is 5.11. The van der Waals surface area contributed by atoms with E-state index in [1.807, 2.05) is 30.3 Å². The van der Waals surface area contributed by atoms with Crippen LogP contribution in [0.15, 0.2) is 41.0 Å². The third-order valence-corrected chi connectivity index (χ3v) is 5.38. The number of fused-ring (bicyclic) bond motifs is 1. The van der Waals surface area contributed by atoms with Gasteiger partial charge in [0.05, 0.1) is 18.3 Å². The number of rotatable bonds is 9. The summed E-state index contributed by atoms with van der Waals surface area (Å²) in [5.41, 5.74) is 0.836. The highest BCUT2D eigenvalue weighted by Crippen LogP contribution is 2.40. The van der Waals surface area contributed by atoms with Crippen molar-refractivity contribution in [2.75, 3.05) is 18.0 Å². The molecule has 2 aromatic heterocycles. The molecule has 0 bridgehead atoms. The molecule has 1 aliphatic rings. The number of hydrogen-bond acceptors (Lipinski definition) is 5. The summed E-state index contributed by atoms with van der Waals surface area (Å²) in [4.78, 5) is 24.2. The second-order valence-electron chi connectivity index (χ2n) is 8.29. The van der Waals surface area contributed by atoms with E-state index < -0.39 is 0 Å². The van der Waals surface area contributed by atoms with Crippen molar-refractivity contribution >= 4 is 34.2 Å². The molecule has 7 heteroatoms. The number of benzene rings is 1. The fraction of sp³-hybridized carbons (Fsp3) is 0.435. The Morgan fingerprint density at radius 3 is 2.83 bits per heavy atom. The molecule has 1 fully saturated rings. The Morgan fingerprint density at radius 2 is 2.13 bits per heavy atom. The van der Waals surface area contributed by atoms with Crippen LogP contribution in [-0.4, -0.2) is 29.0 Å². The molecule has 1 aliphatic carbocycles. The topological polar surface area (TPSA) is 71.3 Å². The second kappa shape index (κ2) is 9.04. The molecule has 0 unspecified atom stereocenters. The summed E-state index contributed by atoms with van der Waals surface area (Å²) >= 11 is 6.23. The van der Waals surface area contributed by atoms with Crippen LogP contribution in [0.1, 0.15) is 50.6 Å². The van der Waals surface area contributed by atoms with Crippen LogP contribution < -0.4 is 10.2 Å². The number of carbonyl (C=O) groups excluding carboxylic acids is 1. The van der Waals surface area contributed by atoms with Crippen molar-refractivity contribution < 1.29 is 9.21 Å². The fourth-order valence-corrected chi connectivity index (χ4v) is 3.53. The van der Waals surface area contributed by atoms with Crippen LogP contribution in [0.3, 0.4) is 0 Å². The molecule has 6 nitrogen and oxygen atoms in total. The summed E-state index contributed by atoms with van der Waals surface area (Å²) in [7, 11) is 0. The smallest absolute Gasteiger partial charge is 0.221 e. The highest BCUT2D eigenvalue weighted by Gasteiger charge is 2.28. The number of nitrogens with zero attached hydrogens (tertiary/aromatic N) is 3. The van der Waals surface area contributed by atoms with Gasteiger partial charge >= 0.3 is 0 Å². The highest BCUT2D eigenvalue weighted by atomic mass is 35.5. The van der Waals surface area contributed by atoms with E-state index in [-0.39, 0.29) is 5.91 Å². The monoisotopic (exact) mass is 426 g/mol. The van der Waals surface area contributed by atoms with Crippen LogP contribution in [-0.2, 0) is 11.3 Å². The predicted molar refractivity (Wildman–Crippen MR) is 119 cm³/mol. The lowest BCUT2D eigenvalue weighted by Crippen LogP contribution is -2.33. The van der Waals surface area contributed by atoms with Crippen LogP contribution >= 0.6 is 11.6 Å². The Bertz CT molecular complexity index is 1020. The van der Waals surface area contributed by atoms with E-state index in [2.05, 4.69) is 24.1 Å². The van der Waals surface area contributed by atoms with Crippen molar-refractivity contribution in [3.8, 4) is 0 Å². The van der Waals surface area contributed by atoms with Gasteiger partial charge in [0.15, 0.2) is 0 Å². The van der Waals surface area contributed by atoms with Gasteiger partial charge in [0.25, 0.3) is 0 Å². The molecule has 1 aromatic carbocycles. The van der Waals surface area contributed by atoms with Gasteiger partial charge in [-0.1, -0.05) is 25.4 Å². The molecule has 1 amide bonds. The number of furan rings is 1. The molecule has 1 saturated carbocycles. The van der Waals surface area contributed by atoms with Crippen molar-refractivity contribution in [2.45, 2.75) is 45.6 Å². The number of aromatic nitrogens is 2. The zero-order valence-electron chi connectivity index (χ0n) is 17.4. The number of halogens is 1.